The van der Waals surface area contributed by atoms with E-state index in [2.05, 4.69) is 56.7 Å². The maximum atomic E-state index is 12.0. The van der Waals surface area contributed by atoms with E-state index in [-0.39, 0.29) is 5.91 Å². The molecule has 0 aliphatic carbocycles. The average molecular weight is 383 g/mol. The van der Waals surface area contributed by atoms with Crippen molar-refractivity contribution in [2.24, 2.45) is 5.92 Å². The zero-order chi connectivity index (χ0) is 19.9. The highest BCUT2D eigenvalue weighted by atomic mass is 16.1. The molecular formula is C21H30N6O. The molecule has 150 valence electrons. The molecule has 1 amide bonds. The highest BCUT2D eigenvalue weighted by Crippen LogP contribution is 2.25. The number of aromatic nitrogens is 2. The molecule has 1 aromatic carbocycles. The van der Waals surface area contributed by atoms with Crippen LogP contribution in [0.25, 0.3) is 0 Å². The van der Waals surface area contributed by atoms with Gasteiger partial charge < -0.3 is 20.4 Å². The van der Waals surface area contributed by atoms with Gasteiger partial charge >= 0.3 is 0 Å². The van der Waals surface area contributed by atoms with Crippen molar-refractivity contribution in [3.05, 3.63) is 42.4 Å². The van der Waals surface area contributed by atoms with E-state index < -0.39 is 0 Å². The fourth-order valence-electron chi connectivity index (χ4n) is 3.16. The molecule has 1 saturated heterocycles. The molecule has 0 atom stereocenters. The van der Waals surface area contributed by atoms with Gasteiger partial charge in [-0.05, 0) is 57.1 Å². The Hall–Kier alpha value is -2.67. The number of hydrogen-bond acceptors (Lipinski definition) is 6. The Morgan fingerprint density at radius 3 is 2.46 bits per heavy atom. The molecule has 2 aromatic rings. The Bertz CT molecular complexity index is 751. The number of benzene rings is 1. The molecule has 7 nitrogen and oxygen atoms in total. The molecule has 1 aliphatic heterocycles. The summed E-state index contributed by atoms with van der Waals surface area (Å²) in [6.45, 7) is 5.93. The second-order valence-corrected chi connectivity index (χ2v) is 7.69. The first-order valence-corrected chi connectivity index (χ1v) is 9.88. The lowest BCUT2D eigenvalue weighted by atomic mass is 9.99. The van der Waals surface area contributed by atoms with Gasteiger partial charge in [0.15, 0.2) is 0 Å². The minimum absolute atomic E-state index is 0.207. The second-order valence-electron chi connectivity index (χ2n) is 7.69. The van der Waals surface area contributed by atoms with Crippen LogP contribution in [0.1, 0.15) is 30.3 Å². The fraction of sp³-hybridized carbons (Fsp3) is 0.476. The van der Waals surface area contributed by atoms with Crippen LogP contribution < -0.4 is 15.5 Å². The molecule has 3 rings (SSSR count). The zero-order valence-electron chi connectivity index (χ0n) is 17.0. The number of likely N-dealkylation sites (N-methyl/N-ethyl adjacent to an activating group) is 1. The number of nitrogens with one attached hydrogen (secondary N) is 2. The van der Waals surface area contributed by atoms with Gasteiger partial charge in [0.1, 0.15) is 11.5 Å². The molecule has 2 N–H and O–H groups in total. The predicted octanol–water partition coefficient (Wildman–Crippen LogP) is 2.75. The summed E-state index contributed by atoms with van der Waals surface area (Å²) < 4.78 is 0. The number of hydrogen-bond donors (Lipinski definition) is 2. The van der Waals surface area contributed by atoms with Gasteiger partial charge in [-0.1, -0.05) is 6.92 Å². The van der Waals surface area contributed by atoms with E-state index in [9.17, 15) is 4.79 Å². The Balaban J connectivity index is 1.53. The fourth-order valence-corrected chi connectivity index (χ4v) is 3.16. The topological polar surface area (TPSA) is 73.4 Å². The maximum Gasteiger partial charge on any atom is 0.271 e. The second kappa shape index (κ2) is 9.50. The first-order valence-electron chi connectivity index (χ1n) is 9.88. The molecule has 0 spiro atoms. The van der Waals surface area contributed by atoms with E-state index in [0.717, 1.165) is 31.2 Å². The molecule has 2 heterocycles. The van der Waals surface area contributed by atoms with Crippen LogP contribution in [0.4, 0.5) is 17.2 Å². The number of amides is 1. The third-order valence-corrected chi connectivity index (χ3v) is 5.02. The van der Waals surface area contributed by atoms with E-state index in [4.69, 9.17) is 0 Å². The summed E-state index contributed by atoms with van der Waals surface area (Å²) >= 11 is 0. The average Bonchev–Trinajstić information content (AvgIpc) is 2.69. The Kier molecular flexibility index (Phi) is 6.81. The molecule has 1 aromatic heterocycles. The van der Waals surface area contributed by atoms with E-state index in [1.54, 1.807) is 6.20 Å². The maximum absolute atomic E-state index is 12.0. The molecule has 28 heavy (non-hydrogen) atoms. The molecular weight excluding hydrogens is 352 g/mol. The van der Waals surface area contributed by atoms with Crippen LogP contribution in [0, 0.1) is 5.92 Å². The monoisotopic (exact) mass is 382 g/mol. The first kappa shape index (κ1) is 20.1. The van der Waals surface area contributed by atoms with Gasteiger partial charge in [0.25, 0.3) is 5.91 Å². The Morgan fingerprint density at radius 1 is 1.14 bits per heavy atom. The number of anilines is 3. The van der Waals surface area contributed by atoms with Gasteiger partial charge in [0, 0.05) is 37.6 Å². The van der Waals surface area contributed by atoms with Crippen molar-refractivity contribution in [1.82, 2.24) is 20.2 Å². The SMILES string of the molecule is CC1CCN(c2ccc(Nc3cnc(C(=O)NCCN(C)C)cn3)cc2)CC1. The number of carbonyl (C=O) groups is 1. The summed E-state index contributed by atoms with van der Waals surface area (Å²) in [6.07, 6.45) is 5.59. The summed E-state index contributed by atoms with van der Waals surface area (Å²) in [4.78, 5) is 25.0. The first-order chi connectivity index (χ1) is 13.5. The van der Waals surface area contributed by atoms with Gasteiger partial charge in [0.2, 0.25) is 0 Å². The predicted molar refractivity (Wildman–Crippen MR) is 113 cm³/mol. The van der Waals surface area contributed by atoms with Gasteiger partial charge in [-0.25, -0.2) is 9.97 Å². The van der Waals surface area contributed by atoms with Crippen LogP contribution in [0.2, 0.25) is 0 Å². The third-order valence-electron chi connectivity index (χ3n) is 5.02. The van der Waals surface area contributed by atoms with Crippen molar-refractivity contribution in [3.8, 4) is 0 Å². The number of rotatable bonds is 7. The lowest BCUT2D eigenvalue weighted by molar-refractivity contribution is 0.0945. The largest absolute Gasteiger partial charge is 0.372 e. The van der Waals surface area contributed by atoms with E-state index >= 15 is 0 Å². The zero-order valence-corrected chi connectivity index (χ0v) is 17.0. The van der Waals surface area contributed by atoms with Crippen LogP contribution in [-0.2, 0) is 0 Å². The normalized spacial score (nSPS) is 14.9. The van der Waals surface area contributed by atoms with Crippen molar-refractivity contribution in [2.45, 2.75) is 19.8 Å². The number of nitrogens with zero attached hydrogens (tertiary/aromatic N) is 4. The molecule has 0 bridgehead atoms. The minimum atomic E-state index is -0.207. The van der Waals surface area contributed by atoms with Crippen molar-refractivity contribution in [3.63, 3.8) is 0 Å². The number of carbonyl (C=O) groups excluding carboxylic acids is 1. The molecule has 7 heteroatoms. The molecule has 1 fully saturated rings. The lowest BCUT2D eigenvalue weighted by Gasteiger charge is -2.32. The summed E-state index contributed by atoms with van der Waals surface area (Å²) in [6, 6.07) is 8.38. The summed E-state index contributed by atoms with van der Waals surface area (Å²) in [7, 11) is 3.93. The van der Waals surface area contributed by atoms with Gasteiger partial charge in [-0.3, -0.25) is 4.79 Å². The number of piperidine rings is 1. The van der Waals surface area contributed by atoms with Crippen LogP contribution in [-0.4, -0.2) is 61.0 Å². The highest BCUT2D eigenvalue weighted by molar-refractivity contribution is 5.92. The smallest absolute Gasteiger partial charge is 0.271 e. The molecule has 0 unspecified atom stereocenters. The highest BCUT2D eigenvalue weighted by Gasteiger charge is 2.15. The van der Waals surface area contributed by atoms with Gasteiger partial charge in [0.05, 0.1) is 12.4 Å². The molecule has 0 radical (unpaired) electrons. The van der Waals surface area contributed by atoms with Crippen LogP contribution in [0.15, 0.2) is 36.7 Å². The quantitative estimate of drug-likeness (QED) is 0.767. The molecule has 1 aliphatic rings. The Morgan fingerprint density at radius 2 is 1.86 bits per heavy atom. The van der Waals surface area contributed by atoms with Crippen molar-refractivity contribution in [2.75, 3.05) is 50.5 Å². The van der Waals surface area contributed by atoms with Crippen LogP contribution >= 0.6 is 0 Å². The molecule has 0 saturated carbocycles. The van der Waals surface area contributed by atoms with Crippen LogP contribution in [0.3, 0.4) is 0 Å². The summed E-state index contributed by atoms with van der Waals surface area (Å²) in [5.41, 5.74) is 2.53. The summed E-state index contributed by atoms with van der Waals surface area (Å²) in [5, 5.41) is 6.07. The van der Waals surface area contributed by atoms with Crippen LogP contribution in [0.5, 0.6) is 0 Å². The van der Waals surface area contributed by atoms with E-state index in [1.807, 2.05) is 19.0 Å². The van der Waals surface area contributed by atoms with E-state index in [0.29, 0.717) is 18.1 Å². The van der Waals surface area contributed by atoms with E-state index in [1.165, 1.54) is 24.7 Å². The summed E-state index contributed by atoms with van der Waals surface area (Å²) in [5.74, 6) is 1.24. The lowest BCUT2D eigenvalue weighted by Crippen LogP contribution is -2.32. The minimum Gasteiger partial charge on any atom is -0.372 e. The third kappa shape index (κ3) is 5.66. The van der Waals surface area contributed by atoms with Gasteiger partial charge in [-0.15, -0.1) is 0 Å². The standard InChI is InChI=1S/C21H30N6O/c1-16-8-11-27(12-9-16)18-6-4-17(5-7-18)25-20-15-23-19(14-24-20)21(28)22-10-13-26(2)3/h4-7,14-16H,8-13H2,1-3H3,(H,22,28)(H,24,25). The Labute approximate surface area is 167 Å². The van der Waals surface area contributed by atoms with Gasteiger partial charge in [-0.2, -0.15) is 0 Å². The van der Waals surface area contributed by atoms with Crippen molar-refractivity contribution >= 4 is 23.1 Å². The van der Waals surface area contributed by atoms with Crippen molar-refractivity contribution in [1.29, 1.82) is 0 Å². The van der Waals surface area contributed by atoms with Crippen molar-refractivity contribution < 1.29 is 4.79 Å².